The van der Waals surface area contributed by atoms with E-state index < -0.39 is 34.2 Å². The highest BCUT2D eigenvalue weighted by Crippen LogP contribution is 2.32. The fourth-order valence-corrected chi connectivity index (χ4v) is 4.24. The highest BCUT2D eigenvalue weighted by molar-refractivity contribution is 7.90. The molecule has 9 nitrogen and oxygen atoms in total. The molecule has 3 aromatic carbocycles. The third kappa shape index (κ3) is 8.85. The Morgan fingerprint density at radius 2 is 1.50 bits per heavy atom. The predicted molar refractivity (Wildman–Crippen MR) is 136 cm³/mol. The molecule has 0 saturated heterocycles. The zero-order chi connectivity index (χ0) is 27.9. The first kappa shape index (κ1) is 28.6. The number of urea groups is 2. The van der Waals surface area contributed by atoms with E-state index in [0.29, 0.717) is 12.1 Å². The molecule has 0 bridgehead atoms. The normalized spacial score (nSPS) is 11.4. The number of anilines is 2. The van der Waals surface area contributed by atoms with E-state index in [4.69, 9.17) is 11.6 Å². The number of carbonyl (C=O) groups is 2. The van der Waals surface area contributed by atoms with Crippen molar-refractivity contribution in [3.05, 3.63) is 82.9 Å². The largest absolute Gasteiger partial charge is 0.573 e. The second-order valence-corrected chi connectivity index (χ2v) is 9.98. The van der Waals surface area contributed by atoms with Crippen molar-refractivity contribution in [3.63, 3.8) is 0 Å². The second-order valence-electron chi connectivity index (χ2n) is 7.89. The minimum atomic E-state index is -4.90. The number of hydrogen-bond acceptors (Lipinski definition) is 5. The van der Waals surface area contributed by atoms with E-state index >= 15 is 0 Å². The predicted octanol–water partition coefficient (Wildman–Crippen LogP) is 5.42. The molecule has 202 valence electrons. The van der Waals surface area contributed by atoms with Crippen molar-refractivity contribution < 1.29 is 35.9 Å². The zero-order valence-electron chi connectivity index (χ0n) is 19.7. The lowest BCUT2D eigenvalue weighted by molar-refractivity contribution is -0.274. The van der Waals surface area contributed by atoms with Crippen molar-refractivity contribution >= 4 is 45.1 Å². The lowest BCUT2D eigenvalue weighted by atomic mass is 10.1. The molecule has 4 N–H and O–H groups in total. The maximum absolute atomic E-state index is 12.3. The first-order chi connectivity index (χ1) is 17.8. The van der Waals surface area contributed by atoms with E-state index in [9.17, 15) is 31.2 Å². The lowest BCUT2D eigenvalue weighted by Gasteiger charge is -2.12. The molecular weight excluding hydrogens is 549 g/mol. The Labute approximate surface area is 221 Å². The van der Waals surface area contributed by atoms with Gasteiger partial charge in [0.1, 0.15) is 5.75 Å². The molecule has 0 aromatic heterocycles. The average Bonchev–Trinajstić information content (AvgIpc) is 2.81. The fraction of sp³-hybridized carbons (Fsp3) is 0.167. The van der Waals surface area contributed by atoms with Gasteiger partial charge in [0.25, 0.3) is 10.0 Å². The molecule has 38 heavy (non-hydrogen) atoms. The van der Waals surface area contributed by atoms with Crippen LogP contribution in [0.25, 0.3) is 0 Å². The molecule has 0 aliphatic carbocycles. The number of benzene rings is 3. The van der Waals surface area contributed by atoms with Crippen LogP contribution >= 0.6 is 11.6 Å². The van der Waals surface area contributed by atoms with Gasteiger partial charge in [0.05, 0.1) is 9.92 Å². The standard InChI is InChI=1S/C24H22ClF3N4O5S/c1-15-2-9-19(10-3-15)38(35,36)32-22(33)29-13-12-16-4-6-17(7-5-16)30-23(34)31-18-8-11-21(20(25)14-18)37-24(26,27)28/h2-11,14H,12-13H2,1H3,(H2,29,32,33)(H2,30,31,34). The van der Waals surface area contributed by atoms with Gasteiger partial charge in [0.2, 0.25) is 0 Å². The maximum atomic E-state index is 12.3. The van der Waals surface area contributed by atoms with Crippen molar-refractivity contribution in [2.24, 2.45) is 0 Å². The van der Waals surface area contributed by atoms with E-state index in [1.54, 1.807) is 36.4 Å². The van der Waals surface area contributed by atoms with E-state index in [-0.39, 0.29) is 22.2 Å². The van der Waals surface area contributed by atoms with E-state index in [1.165, 1.54) is 18.2 Å². The minimum Gasteiger partial charge on any atom is -0.404 e. The van der Waals surface area contributed by atoms with Gasteiger partial charge in [-0.2, -0.15) is 0 Å². The van der Waals surface area contributed by atoms with E-state index in [0.717, 1.165) is 23.3 Å². The summed E-state index contributed by atoms with van der Waals surface area (Å²) < 4.78 is 67.2. The first-order valence-corrected chi connectivity index (χ1v) is 12.8. The van der Waals surface area contributed by atoms with Gasteiger partial charge in [-0.3, -0.25) is 0 Å². The summed E-state index contributed by atoms with van der Waals surface area (Å²) in [6, 6.07) is 14.4. The van der Waals surface area contributed by atoms with E-state index in [1.807, 2.05) is 11.6 Å². The number of hydrogen-bond donors (Lipinski definition) is 4. The number of ether oxygens (including phenoxy) is 1. The Bertz CT molecular complexity index is 1400. The summed E-state index contributed by atoms with van der Waals surface area (Å²) in [7, 11) is -3.99. The number of aryl methyl sites for hydroxylation is 1. The SMILES string of the molecule is Cc1ccc(S(=O)(=O)NC(=O)NCCc2ccc(NC(=O)Nc3ccc(OC(F)(F)F)c(Cl)c3)cc2)cc1. The Morgan fingerprint density at radius 3 is 2.11 bits per heavy atom. The molecule has 3 rings (SSSR count). The number of carbonyl (C=O) groups excluding carboxylic acids is 2. The van der Waals surface area contributed by atoms with Crippen LogP contribution in [0.3, 0.4) is 0 Å². The number of halogens is 4. The summed E-state index contributed by atoms with van der Waals surface area (Å²) >= 11 is 5.77. The van der Waals surface area contributed by atoms with Gasteiger partial charge in [0, 0.05) is 17.9 Å². The van der Waals surface area contributed by atoms with Crippen molar-refractivity contribution in [2.45, 2.75) is 24.6 Å². The summed E-state index contributed by atoms with van der Waals surface area (Å²) in [5.74, 6) is -0.597. The quantitative estimate of drug-likeness (QED) is 0.288. The Hall–Kier alpha value is -3.97. The fourth-order valence-electron chi connectivity index (χ4n) is 3.09. The topological polar surface area (TPSA) is 126 Å². The summed E-state index contributed by atoms with van der Waals surface area (Å²) in [5, 5.41) is 7.14. The highest BCUT2D eigenvalue weighted by Gasteiger charge is 2.32. The second kappa shape index (κ2) is 12.0. The van der Waals surface area contributed by atoms with Crippen LogP contribution in [-0.2, 0) is 16.4 Å². The third-order valence-corrected chi connectivity index (χ3v) is 6.53. The van der Waals surface area contributed by atoms with Crippen LogP contribution in [0.1, 0.15) is 11.1 Å². The van der Waals surface area contributed by atoms with Crippen molar-refractivity contribution in [3.8, 4) is 5.75 Å². The molecule has 0 spiro atoms. The zero-order valence-corrected chi connectivity index (χ0v) is 21.3. The van der Waals surface area contributed by atoms with Gasteiger partial charge in [-0.25, -0.2) is 22.7 Å². The van der Waals surface area contributed by atoms with Crippen LogP contribution in [0.4, 0.5) is 34.1 Å². The number of nitrogens with one attached hydrogen (secondary N) is 4. The van der Waals surface area contributed by atoms with Gasteiger partial charge >= 0.3 is 18.4 Å². The number of amides is 4. The molecule has 0 aliphatic heterocycles. The van der Waals surface area contributed by atoms with Crippen LogP contribution in [0.15, 0.2) is 71.6 Å². The van der Waals surface area contributed by atoms with Crippen molar-refractivity contribution in [1.82, 2.24) is 10.0 Å². The van der Waals surface area contributed by atoms with Gasteiger partial charge in [-0.1, -0.05) is 41.4 Å². The summed E-state index contributed by atoms with van der Waals surface area (Å²) in [6.07, 6.45) is -4.51. The molecule has 14 heteroatoms. The number of sulfonamides is 1. The van der Waals surface area contributed by atoms with E-state index in [2.05, 4.69) is 20.7 Å². The third-order valence-electron chi connectivity index (χ3n) is 4.88. The molecule has 0 atom stereocenters. The van der Waals surface area contributed by atoms with Crippen molar-refractivity contribution in [1.29, 1.82) is 0 Å². The molecule has 0 radical (unpaired) electrons. The Kier molecular flexibility index (Phi) is 9.07. The van der Waals surface area contributed by atoms with Gasteiger partial charge in [-0.05, 0) is 61.4 Å². The molecule has 0 fully saturated rings. The van der Waals surface area contributed by atoms with Gasteiger partial charge < -0.3 is 20.7 Å². The molecule has 0 heterocycles. The monoisotopic (exact) mass is 570 g/mol. The minimum absolute atomic E-state index is 0.0269. The number of rotatable bonds is 8. The lowest BCUT2D eigenvalue weighted by Crippen LogP contribution is -2.40. The highest BCUT2D eigenvalue weighted by atomic mass is 35.5. The Morgan fingerprint density at radius 1 is 0.895 bits per heavy atom. The number of alkyl halides is 3. The molecule has 3 aromatic rings. The molecule has 0 unspecified atom stereocenters. The van der Waals surface area contributed by atoms with Gasteiger partial charge in [-0.15, -0.1) is 13.2 Å². The molecule has 0 saturated carbocycles. The average molecular weight is 571 g/mol. The first-order valence-electron chi connectivity index (χ1n) is 10.9. The summed E-state index contributed by atoms with van der Waals surface area (Å²) in [6.45, 7) is 1.96. The van der Waals surface area contributed by atoms with Crippen LogP contribution in [0.5, 0.6) is 5.75 Å². The Balaban J connectivity index is 1.45. The molecule has 0 aliphatic rings. The van der Waals surface area contributed by atoms with Crippen LogP contribution in [0.2, 0.25) is 5.02 Å². The van der Waals surface area contributed by atoms with Crippen LogP contribution in [-0.4, -0.2) is 33.4 Å². The summed E-state index contributed by atoms with van der Waals surface area (Å²) in [5.41, 5.74) is 2.25. The molecular formula is C24H22ClF3N4O5S. The summed E-state index contributed by atoms with van der Waals surface area (Å²) in [4.78, 5) is 24.2. The van der Waals surface area contributed by atoms with Crippen LogP contribution < -0.4 is 25.4 Å². The molecule has 4 amide bonds. The van der Waals surface area contributed by atoms with Crippen LogP contribution in [0, 0.1) is 6.92 Å². The smallest absolute Gasteiger partial charge is 0.404 e. The van der Waals surface area contributed by atoms with Crippen molar-refractivity contribution in [2.75, 3.05) is 17.2 Å². The maximum Gasteiger partial charge on any atom is 0.573 e. The van der Waals surface area contributed by atoms with Gasteiger partial charge in [0.15, 0.2) is 0 Å².